The Kier molecular flexibility index (Phi) is 5.55. The third-order valence-electron chi connectivity index (χ3n) is 4.59. The van der Waals surface area contributed by atoms with E-state index in [1.807, 2.05) is 29.2 Å². The molecule has 26 heavy (non-hydrogen) atoms. The van der Waals surface area contributed by atoms with Crippen LogP contribution in [0.2, 0.25) is 0 Å². The third-order valence-corrected chi connectivity index (χ3v) is 4.59. The molecule has 1 atom stereocenters. The minimum Gasteiger partial charge on any atom is -0.497 e. The number of methoxy groups -OCH3 is 1. The molecule has 0 saturated carbocycles. The first-order valence-corrected chi connectivity index (χ1v) is 8.74. The van der Waals surface area contributed by atoms with Crippen molar-refractivity contribution in [2.45, 2.75) is 32.2 Å². The summed E-state index contributed by atoms with van der Waals surface area (Å²) in [6, 6.07) is 7.60. The van der Waals surface area contributed by atoms with Crippen LogP contribution in [0.5, 0.6) is 5.75 Å². The molecule has 2 heterocycles. The number of carbonyl (C=O) groups is 2. The lowest BCUT2D eigenvalue weighted by atomic mass is 10.1. The maximum Gasteiger partial charge on any atom is 0.227 e. The van der Waals surface area contributed by atoms with E-state index in [0.717, 1.165) is 35.8 Å². The highest BCUT2D eigenvalue weighted by atomic mass is 16.5. The van der Waals surface area contributed by atoms with E-state index < -0.39 is 0 Å². The van der Waals surface area contributed by atoms with Gasteiger partial charge in [0.2, 0.25) is 11.8 Å². The zero-order valence-corrected chi connectivity index (χ0v) is 15.1. The van der Waals surface area contributed by atoms with Gasteiger partial charge in [-0.3, -0.25) is 9.59 Å². The van der Waals surface area contributed by atoms with Crippen LogP contribution in [0, 0.1) is 0 Å². The summed E-state index contributed by atoms with van der Waals surface area (Å²) >= 11 is 0. The summed E-state index contributed by atoms with van der Waals surface area (Å²) in [5, 5.41) is 2.74. The number of H-pyrrole nitrogens is 1. The second-order valence-corrected chi connectivity index (χ2v) is 6.56. The molecule has 2 N–H and O–H groups in total. The zero-order chi connectivity index (χ0) is 18.5. The Morgan fingerprint density at radius 1 is 1.42 bits per heavy atom. The molecule has 7 nitrogen and oxygen atoms in total. The number of imidazole rings is 1. The van der Waals surface area contributed by atoms with E-state index in [0.29, 0.717) is 19.5 Å². The van der Waals surface area contributed by atoms with Gasteiger partial charge in [0, 0.05) is 25.9 Å². The largest absolute Gasteiger partial charge is 0.497 e. The molecule has 1 aromatic heterocycles. The van der Waals surface area contributed by atoms with E-state index in [9.17, 15) is 9.59 Å². The molecule has 1 aromatic carbocycles. The zero-order valence-electron chi connectivity index (χ0n) is 15.1. The average Bonchev–Trinajstić information content (AvgIpc) is 3.29. The van der Waals surface area contributed by atoms with Gasteiger partial charge in [-0.25, -0.2) is 4.98 Å². The summed E-state index contributed by atoms with van der Waals surface area (Å²) < 4.78 is 5.21. The average molecular weight is 356 g/mol. The van der Waals surface area contributed by atoms with Crippen LogP contribution in [0.25, 0.3) is 0 Å². The summed E-state index contributed by atoms with van der Waals surface area (Å²) in [6.07, 6.45) is 3.00. The van der Waals surface area contributed by atoms with E-state index in [1.54, 1.807) is 13.3 Å². The smallest absolute Gasteiger partial charge is 0.227 e. The van der Waals surface area contributed by atoms with Crippen LogP contribution >= 0.6 is 0 Å². The standard InChI is InChI=1S/C19H24N4O3/c1-13(24)20-10-16-11-21-19(22-16)15-6-7-23(12-15)18(25)9-14-4-3-5-17(8-14)26-2/h3-5,8,11,15H,6-7,9-10,12H2,1-2H3,(H,20,24)(H,21,22)/t15-/m0/s1. The summed E-state index contributed by atoms with van der Waals surface area (Å²) in [6.45, 7) is 3.32. The van der Waals surface area contributed by atoms with E-state index in [1.165, 1.54) is 6.92 Å². The first-order chi connectivity index (χ1) is 12.5. The Morgan fingerprint density at radius 2 is 2.27 bits per heavy atom. The monoisotopic (exact) mass is 356 g/mol. The number of rotatable bonds is 6. The number of carbonyl (C=O) groups excluding carboxylic acids is 2. The molecule has 7 heteroatoms. The second-order valence-electron chi connectivity index (χ2n) is 6.56. The van der Waals surface area contributed by atoms with Crippen molar-refractivity contribution in [2.24, 2.45) is 0 Å². The number of likely N-dealkylation sites (tertiary alicyclic amines) is 1. The normalized spacial score (nSPS) is 16.5. The topological polar surface area (TPSA) is 87.3 Å². The maximum atomic E-state index is 12.6. The Morgan fingerprint density at radius 3 is 3.04 bits per heavy atom. The molecule has 1 aliphatic rings. The Balaban J connectivity index is 1.56. The Hall–Kier alpha value is -2.83. The Labute approximate surface area is 152 Å². The van der Waals surface area contributed by atoms with Crippen molar-refractivity contribution in [1.29, 1.82) is 0 Å². The van der Waals surface area contributed by atoms with Gasteiger partial charge in [0.25, 0.3) is 0 Å². The van der Waals surface area contributed by atoms with Crippen LogP contribution in [-0.2, 0) is 22.6 Å². The van der Waals surface area contributed by atoms with Crippen LogP contribution in [0.3, 0.4) is 0 Å². The van der Waals surface area contributed by atoms with Crippen molar-refractivity contribution >= 4 is 11.8 Å². The number of hydrogen-bond acceptors (Lipinski definition) is 4. The molecular formula is C19H24N4O3. The molecule has 2 amide bonds. The van der Waals surface area contributed by atoms with Crippen molar-refractivity contribution in [3.8, 4) is 5.75 Å². The highest BCUT2D eigenvalue weighted by Crippen LogP contribution is 2.26. The van der Waals surface area contributed by atoms with Gasteiger partial charge in [0.1, 0.15) is 11.6 Å². The summed E-state index contributed by atoms with van der Waals surface area (Å²) in [4.78, 5) is 33.1. The molecule has 0 unspecified atom stereocenters. The van der Waals surface area contributed by atoms with Gasteiger partial charge >= 0.3 is 0 Å². The van der Waals surface area contributed by atoms with Crippen LogP contribution in [0.15, 0.2) is 30.5 Å². The predicted octanol–water partition coefficient (Wildman–Crippen LogP) is 1.61. The summed E-state index contributed by atoms with van der Waals surface area (Å²) in [7, 11) is 1.62. The van der Waals surface area contributed by atoms with Gasteiger partial charge in [0.05, 0.1) is 32.0 Å². The van der Waals surface area contributed by atoms with Gasteiger partial charge in [-0.15, -0.1) is 0 Å². The highest BCUT2D eigenvalue weighted by Gasteiger charge is 2.29. The number of benzene rings is 1. The fourth-order valence-corrected chi connectivity index (χ4v) is 3.17. The van der Waals surface area contributed by atoms with Crippen molar-refractivity contribution < 1.29 is 14.3 Å². The highest BCUT2D eigenvalue weighted by molar-refractivity contribution is 5.79. The maximum absolute atomic E-state index is 12.6. The van der Waals surface area contributed by atoms with Crippen LogP contribution < -0.4 is 10.1 Å². The van der Waals surface area contributed by atoms with Gasteiger partial charge in [0.15, 0.2) is 0 Å². The lowest BCUT2D eigenvalue weighted by molar-refractivity contribution is -0.129. The van der Waals surface area contributed by atoms with E-state index in [-0.39, 0.29) is 17.7 Å². The van der Waals surface area contributed by atoms with Crippen molar-refractivity contribution in [1.82, 2.24) is 20.2 Å². The summed E-state index contributed by atoms with van der Waals surface area (Å²) in [5.41, 5.74) is 1.82. The number of nitrogens with zero attached hydrogens (tertiary/aromatic N) is 2. The van der Waals surface area contributed by atoms with E-state index >= 15 is 0 Å². The molecule has 0 bridgehead atoms. The van der Waals surface area contributed by atoms with E-state index in [4.69, 9.17) is 4.74 Å². The summed E-state index contributed by atoms with van der Waals surface area (Å²) in [5.74, 6) is 1.89. The van der Waals surface area contributed by atoms with Gasteiger partial charge in [-0.2, -0.15) is 0 Å². The van der Waals surface area contributed by atoms with Crippen LogP contribution in [0.1, 0.15) is 36.3 Å². The predicted molar refractivity (Wildman–Crippen MR) is 96.7 cm³/mol. The lowest BCUT2D eigenvalue weighted by Gasteiger charge is -2.16. The lowest BCUT2D eigenvalue weighted by Crippen LogP contribution is -2.30. The molecule has 1 saturated heterocycles. The minimum atomic E-state index is -0.0728. The number of aromatic nitrogens is 2. The third kappa shape index (κ3) is 4.41. The molecular weight excluding hydrogens is 332 g/mol. The fourth-order valence-electron chi connectivity index (χ4n) is 3.17. The van der Waals surface area contributed by atoms with Crippen LogP contribution in [0.4, 0.5) is 0 Å². The van der Waals surface area contributed by atoms with Crippen molar-refractivity contribution in [3.63, 3.8) is 0 Å². The minimum absolute atomic E-state index is 0.0728. The number of amides is 2. The molecule has 0 radical (unpaired) electrons. The van der Waals surface area contributed by atoms with Gasteiger partial charge in [-0.05, 0) is 24.1 Å². The first-order valence-electron chi connectivity index (χ1n) is 8.74. The molecule has 3 rings (SSSR count). The second kappa shape index (κ2) is 8.03. The molecule has 1 fully saturated rings. The number of ether oxygens (including phenoxy) is 1. The van der Waals surface area contributed by atoms with E-state index in [2.05, 4.69) is 15.3 Å². The molecule has 2 aromatic rings. The molecule has 138 valence electrons. The number of nitrogens with one attached hydrogen (secondary N) is 2. The SMILES string of the molecule is COc1cccc(CC(=O)N2CC[C@H](c3ncc(CNC(C)=O)[nH]3)C2)c1. The first kappa shape index (κ1) is 18.0. The quantitative estimate of drug-likeness (QED) is 0.823. The molecule has 0 spiro atoms. The van der Waals surface area contributed by atoms with Crippen molar-refractivity contribution in [2.75, 3.05) is 20.2 Å². The number of hydrogen-bond donors (Lipinski definition) is 2. The molecule has 1 aliphatic heterocycles. The van der Waals surface area contributed by atoms with Gasteiger partial charge in [-0.1, -0.05) is 12.1 Å². The van der Waals surface area contributed by atoms with Gasteiger partial charge < -0.3 is 19.9 Å². The van der Waals surface area contributed by atoms with Crippen molar-refractivity contribution in [3.05, 3.63) is 47.5 Å². The van der Waals surface area contributed by atoms with Crippen LogP contribution in [-0.4, -0.2) is 46.9 Å². The number of aromatic amines is 1. The Bertz CT molecular complexity index is 787. The fraction of sp³-hybridized carbons (Fsp3) is 0.421. The molecule has 0 aliphatic carbocycles.